The molecule has 2 bridgehead atoms. The number of allylic oxidation sites excluding steroid dienone is 2. The second kappa shape index (κ2) is 6.16. The number of amides is 2. The summed E-state index contributed by atoms with van der Waals surface area (Å²) in [5.41, 5.74) is 5.27. The first kappa shape index (κ1) is 15.7. The number of hydrogen-bond acceptors (Lipinski definition) is 4. The maximum Gasteiger partial charge on any atom is 0.307 e. The van der Waals surface area contributed by atoms with Crippen molar-refractivity contribution in [2.24, 2.45) is 23.7 Å². The SMILES string of the molecule is CCc1cc(C(=O)NNC(=O)[C@H]2[C@H](C(=O)O)[C@H]3C=C[C@H]2C3)cs1. The van der Waals surface area contributed by atoms with Gasteiger partial charge in [-0.15, -0.1) is 11.3 Å². The van der Waals surface area contributed by atoms with Crippen LogP contribution >= 0.6 is 11.3 Å². The first-order valence-corrected chi connectivity index (χ1v) is 8.48. The third kappa shape index (κ3) is 2.88. The number of aliphatic carboxylic acids is 1. The van der Waals surface area contributed by atoms with Crippen LogP contribution in [0.1, 0.15) is 28.6 Å². The highest BCUT2D eigenvalue weighted by Crippen LogP contribution is 2.48. The Morgan fingerprint density at radius 3 is 2.52 bits per heavy atom. The summed E-state index contributed by atoms with van der Waals surface area (Å²) < 4.78 is 0. The summed E-state index contributed by atoms with van der Waals surface area (Å²) in [7, 11) is 0. The molecule has 0 radical (unpaired) electrons. The molecule has 2 aliphatic rings. The van der Waals surface area contributed by atoms with Gasteiger partial charge in [-0.1, -0.05) is 19.1 Å². The van der Waals surface area contributed by atoms with Gasteiger partial charge in [0.15, 0.2) is 0 Å². The number of aryl methyl sites for hydroxylation is 1. The van der Waals surface area contributed by atoms with E-state index in [4.69, 9.17) is 0 Å². The Balaban J connectivity index is 1.62. The number of rotatable bonds is 4. The first-order chi connectivity index (χ1) is 11.0. The summed E-state index contributed by atoms with van der Waals surface area (Å²) in [6.07, 6.45) is 5.32. The van der Waals surface area contributed by atoms with Gasteiger partial charge < -0.3 is 5.11 Å². The topological polar surface area (TPSA) is 95.5 Å². The zero-order valence-electron chi connectivity index (χ0n) is 12.6. The van der Waals surface area contributed by atoms with E-state index in [-0.39, 0.29) is 17.7 Å². The minimum atomic E-state index is -0.959. The highest BCUT2D eigenvalue weighted by atomic mass is 32.1. The number of nitrogens with one attached hydrogen (secondary N) is 2. The number of carboxylic acids is 1. The molecular weight excluding hydrogens is 316 g/mol. The fourth-order valence-corrected chi connectivity index (χ4v) is 4.29. The summed E-state index contributed by atoms with van der Waals surface area (Å²) in [6, 6.07) is 1.78. The summed E-state index contributed by atoms with van der Waals surface area (Å²) in [4.78, 5) is 36.8. The Kier molecular flexibility index (Phi) is 4.21. The van der Waals surface area contributed by atoms with E-state index in [1.165, 1.54) is 11.3 Å². The van der Waals surface area contributed by atoms with Crippen LogP contribution in [0.3, 0.4) is 0 Å². The van der Waals surface area contributed by atoms with Crippen molar-refractivity contribution in [3.05, 3.63) is 34.0 Å². The summed E-state index contributed by atoms with van der Waals surface area (Å²) in [5.74, 6) is -3.28. The van der Waals surface area contributed by atoms with Crippen molar-refractivity contribution in [2.45, 2.75) is 19.8 Å². The minimum absolute atomic E-state index is 0.0640. The minimum Gasteiger partial charge on any atom is -0.481 e. The van der Waals surface area contributed by atoms with Gasteiger partial charge in [0, 0.05) is 10.3 Å². The summed E-state index contributed by atoms with van der Waals surface area (Å²) in [5, 5.41) is 11.1. The van der Waals surface area contributed by atoms with Crippen molar-refractivity contribution in [1.82, 2.24) is 10.9 Å². The number of carbonyl (C=O) groups excluding carboxylic acids is 2. The molecule has 122 valence electrons. The van der Waals surface area contributed by atoms with Gasteiger partial charge in [0.1, 0.15) is 0 Å². The number of carbonyl (C=O) groups is 3. The van der Waals surface area contributed by atoms with Crippen molar-refractivity contribution in [2.75, 3.05) is 0 Å². The molecule has 6 nitrogen and oxygen atoms in total. The van der Waals surface area contributed by atoms with Crippen LogP contribution in [0.25, 0.3) is 0 Å². The molecule has 1 heterocycles. The molecule has 1 fully saturated rings. The van der Waals surface area contributed by atoms with E-state index < -0.39 is 23.7 Å². The lowest BCUT2D eigenvalue weighted by molar-refractivity contribution is -0.148. The van der Waals surface area contributed by atoms with Gasteiger partial charge in [0.25, 0.3) is 5.91 Å². The summed E-state index contributed by atoms with van der Waals surface area (Å²) >= 11 is 1.49. The highest BCUT2D eigenvalue weighted by molar-refractivity contribution is 7.10. The van der Waals surface area contributed by atoms with Crippen molar-refractivity contribution in [1.29, 1.82) is 0 Å². The fourth-order valence-electron chi connectivity index (χ4n) is 3.48. The van der Waals surface area contributed by atoms with E-state index in [0.717, 1.165) is 11.3 Å². The molecule has 1 aromatic heterocycles. The average Bonchev–Trinajstić information content (AvgIpc) is 3.25. The van der Waals surface area contributed by atoms with Crippen LogP contribution in [0.5, 0.6) is 0 Å². The Labute approximate surface area is 137 Å². The maximum absolute atomic E-state index is 12.3. The summed E-state index contributed by atoms with van der Waals surface area (Å²) in [6.45, 7) is 2.00. The highest BCUT2D eigenvalue weighted by Gasteiger charge is 2.51. The van der Waals surface area contributed by atoms with E-state index in [0.29, 0.717) is 12.0 Å². The molecule has 3 rings (SSSR count). The van der Waals surface area contributed by atoms with Crippen LogP contribution in [0.15, 0.2) is 23.6 Å². The van der Waals surface area contributed by atoms with Crippen LogP contribution in [-0.2, 0) is 16.0 Å². The van der Waals surface area contributed by atoms with Crippen molar-refractivity contribution < 1.29 is 19.5 Å². The number of carboxylic acid groups (broad SMARTS) is 1. The third-order valence-electron chi connectivity index (χ3n) is 4.61. The Bertz CT molecular complexity index is 681. The second-order valence-corrected chi connectivity index (χ2v) is 6.93. The zero-order chi connectivity index (χ0) is 16.6. The predicted octanol–water partition coefficient (Wildman–Crippen LogP) is 1.59. The third-order valence-corrected chi connectivity index (χ3v) is 5.69. The number of hydrazine groups is 1. The molecule has 23 heavy (non-hydrogen) atoms. The van der Waals surface area contributed by atoms with Gasteiger partial charge >= 0.3 is 5.97 Å². The Hall–Kier alpha value is -2.15. The molecule has 2 aliphatic carbocycles. The van der Waals surface area contributed by atoms with Crippen LogP contribution < -0.4 is 10.9 Å². The molecule has 1 aromatic rings. The molecule has 2 amide bonds. The van der Waals surface area contributed by atoms with Crippen LogP contribution in [-0.4, -0.2) is 22.9 Å². The molecular formula is C16H18N2O4S. The van der Waals surface area contributed by atoms with Gasteiger partial charge in [0.2, 0.25) is 5.91 Å². The van der Waals surface area contributed by atoms with Crippen molar-refractivity contribution >= 4 is 29.1 Å². The van der Waals surface area contributed by atoms with Crippen LogP contribution in [0.4, 0.5) is 0 Å². The lowest BCUT2D eigenvalue weighted by Gasteiger charge is -2.23. The molecule has 1 saturated carbocycles. The second-order valence-electron chi connectivity index (χ2n) is 5.94. The monoisotopic (exact) mass is 334 g/mol. The van der Waals surface area contributed by atoms with Gasteiger partial charge in [-0.2, -0.15) is 0 Å². The van der Waals surface area contributed by atoms with Gasteiger partial charge in [-0.3, -0.25) is 25.2 Å². The number of thiophene rings is 1. The molecule has 4 atom stereocenters. The van der Waals surface area contributed by atoms with E-state index in [1.54, 1.807) is 11.4 Å². The van der Waals surface area contributed by atoms with E-state index in [9.17, 15) is 19.5 Å². The normalized spacial score (nSPS) is 27.9. The molecule has 0 aliphatic heterocycles. The van der Waals surface area contributed by atoms with E-state index >= 15 is 0 Å². The van der Waals surface area contributed by atoms with Gasteiger partial charge in [-0.25, -0.2) is 0 Å². The van der Waals surface area contributed by atoms with Crippen LogP contribution in [0, 0.1) is 23.7 Å². The average molecular weight is 334 g/mol. The fraction of sp³-hybridized carbons (Fsp3) is 0.438. The quantitative estimate of drug-likeness (QED) is 0.575. The number of fused-ring (bicyclic) bond motifs is 2. The maximum atomic E-state index is 12.3. The van der Waals surface area contributed by atoms with Crippen LogP contribution in [0.2, 0.25) is 0 Å². The molecule has 0 spiro atoms. The lowest BCUT2D eigenvalue weighted by atomic mass is 9.82. The van der Waals surface area contributed by atoms with E-state index in [1.807, 2.05) is 19.1 Å². The Morgan fingerprint density at radius 2 is 1.91 bits per heavy atom. The van der Waals surface area contributed by atoms with Gasteiger partial charge in [0.05, 0.1) is 17.4 Å². The lowest BCUT2D eigenvalue weighted by Crippen LogP contribution is -2.48. The zero-order valence-corrected chi connectivity index (χ0v) is 13.4. The molecule has 0 saturated heterocycles. The number of hydrogen-bond donors (Lipinski definition) is 3. The van der Waals surface area contributed by atoms with Crippen molar-refractivity contribution in [3.8, 4) is 0 Å². The standard InChI is InChI=1S/C16H18N2O4S/c1-2-11-6-10(7-23-11)14(19)17-18-15(20)12-8-3-4-9(5-8)13(12)16(21)22/h3-4,6-9,12-13H,2,5H2,1H3,(H,17,19)(H,18,20)(H,21,22)/t8-,9-,12+,13+/m0/s1. The first-order valence-electron chi connectivity index (χ1n) is 7.60. The molecule has 7 heteroatoms. The van der Waals surface area contributed by atoms with Gasteiger partial charge in [-0.05, 0) is 30.7 Å². The predicted molar refractivity (Wildman–Crippen MR) is 84.7 cm³/mol. The molecule has 3 N–H and O–H groups in total. The smallest absolute Gasteiger partial charge is 0.307 e. The Morgan fingerprint density at radius 1 is 1.22 bits per heavy atom. The van der Waals surface area contributed by atoms with E-state index in [2.05, 4.69) is 10.9 Å². The molecule has 0 unspecified atom stereocenters. The van der Waals surface area contributed by atoms with Crippen molar-refractivity contribution in [3.63, 3.8) is 0 Å². The molecule has 0 aromatic carbocycles. The largest absolute Gasteiger partial charge is 0.481 e.